The van der Waals surface area contributed by atoms with Crippen molar-refractivity contribution in [2.75, 3.05) is 7.11 Å². The number of benzene rings is 1. The summed E-state index contributed by atoms with van der Waals surface area (Å²) in [7, 11) is 1.67. The van der Waals surface area contributed by atoms with Crippen LogP contribution in [-0.4, -0.2) is 33.6 Å². The van der Waals surface area contributed by atoms with E-state index in [1.807, 2.05) is 45.3 Å². The molecule has 0 saturated heterocycles. The lowest BCUT2D eigenvalue weighted by molar-refractivity contribution is 0.0523. The molecule has 2 heterocycles. The van der Waals surface area contributed by atoms with Gasteiger partial charge in [0.15, 0.2) is 0 Å². The van der Waals surface area contributed by atoms with Crippen molar-refractivity contribution in [1.29, 1.82) is 0 Å². The third kappa shape index (κ3) is 6.01. The summed E-state index contributed by atoms with van der Waals surface area (Å²) in [5, 5.41) is 8.07. The standard InChI is InChI=1S/C22H26N4O3S2/c1-22(2,3)29-21(27)24-11-19-23-12-20(31-19)30-18-8-14(7-17(9-18)28-4)15-10-25-26(13-15)16-5-6-16/h7-10,12-13,16H,5-6,11H2,1-4H3,(H,24,27). The summed E-state index contributed by atoms with van der Waals surface area (Å²) in [6.45, 7) is 5.85. The topological polar surface area (TPSA) is 78.3 Å². The van der Waals surface area contributed by atoms with Gasteiger partial charge in [-0.25, -0.2) is 9.78 Å². The van der Waals surface area contributed by atoms with Crippen LogP contribution in [0.1, 0.15) is 44.7 Å². The van der Waals surface area contributed by atoms with Gasteiger partial charge in [0.2, 0.25) is 0 Å². The number of carbonyl (C=O) groups is 1. The minimum Gasteiger partial charge on any atom is -0.497 e. The van der Waals surface area contributed by atoms with E-state index >= 15 is 0 Å². The molecule has 0 bridgehead atoms. The molecule has 2 aromatic heterocycles. The average molecular weight is 459 g/mol. The van der Waals surface area contributed by atoms with Gasteiger partial charge < -0.3 is 14.8 Å². The number of nitrogens with one attached hydrogen (secondary N) is 1. The van der Waals surface area contributed by atoms with Crippen molar-refractivity contribution < 1.29 is 14.3 Å². The molecule has 1 fully saturated rings. The van der Waals surface area contributed by atoms with E-state index in [1.165, 1.54) is 12.8 Å². The third-order valence-electron chi connectivity index (χ3n) is 4.51. The van der Waals surface area contributed by atoms with Gasteiger partial charge in [-0.3, -0.25) is 4.68 Å². The fourth-order valence-electron chi connectivity index (χ4n) is 2.94. The van der Waals surface area contributed by atoms with Crippen molar-refractivity contribution in [3.8, 4) is 16.9 Å². The number of methoxy groups -OCH3 is 1. The van der Waals surface area contributed by atoms with Gasteiger partial charge >= 0.3 is 6.09 Å². The van der Waals surface area contributed by atoms with Gasteiger partial charge in [0.1, 0.15) is 16.4 Å². The molecule has 0 spiro atoms. The first-order chi connectivity index (χ1) is 14.8. The fourth-order valence-corrected chi connectivity index (χ4v) is 4.97. The first-order valence-electron chi connectivity index (χ1n) is 10.1. The summed E-state index contributed by atoms with van der Waals surface area (Å²) in [6.07, 6.45) is 7.81. The Labute approximate surface area is 190 Å². The Morgan fingerprint density at radius 2 is 2.06 bits per heavy atom. The molecule has 31 heavy (non-hydrogen) atoms. The summed E-state index contributed by atoms with van der Waals surface area (Å²) in [6, 6.07) is 6.73. The number of ether oxygens (including phenoxy) is 2. The third-order valence-corrected chi connectivity index (χ3v) is 6.58. The van der Waals surface area contributed by atoms with Crippen LogP contribution in [-0.2, 0) is 11.3 Å². The van der Waals surface area contributed by atoms with E-state index in [2.05, 4.69) is 32.3 Å². The normalized spacial score (nSPS) is 13.8. The smallest absolute Gasteiger partial charge is 0.408 e. The first kappa shape index (κ1) is 21.7. The second-order valence-corrected chi connectivity index (χ2v) is 10.9. The number of amides is 1. The maximum Gasteiger partial charge on any atom is 0.408 e. The van der Waals surface area contributed by atoms with Gasteiger partial charge in [-0.2, -0.15) is 5.10 Å². The zero-order valence-electron chi connectivity index (χ0n) is 18.0. The molecule has 3 aromatic rings. The second-order valence-electron chi connectivity index (χ2n) is 8.37. The van der Waals surface area contributed by atoms with E-state index in [-0.39, 0.29) is 0 Å². The minimum absolute atomic E-state index is 0.337. The Morgan fingerprint density at radius 3 is 2.77 bits per heavy atom. The first-order valence-corrected chi connectivity index (χ1v) is 11.8. The zero-order valence-corrected chi connectivity index (χ0v) is 19.7. The molecular weight excluding hydrogens is 432 g/mol. The fraction of sp³-hybridized carbons (Fsp3) is 0.409. The molecule has 0 atom stereocenters. The van der Waals surface area contributed by atoms with Crippen LogP contribution in [0.5, 0.6) is 5.75 Å². The summed E-state index contributed by atoms with van der Waals surface area (Å²) < 4.78 is 13.9. The molecule has 7 nitrogen and oxygen atoms in total. The molecule has 4 rings (SSSR count). The number of hydrogen-bond donors (Lipinski definition) is 1. The number of alkyl carbamates (subject to hydrolysis) is 1. The molecular formula is C22H26N4O3S2. The minimum atomic E-state index is -0.521. The van der Waals surface area contributed by atoms with Crippen LogP contribution in [0, 0.1) is 0 Å². The van der Waals surface area contributed by atoms with Crippen molar-refractivity contribution in [3.05, 3.63) is 41.8 Å². The zero-order chi connectivity index (χ0) is 22.0. The molecule has 0 aliphatic heterocycles. The predicted octanol–water partition coefficient (Wildman–Crippen LogP) is 5.53. The quantitative estimate of drug-likeness (QED) is 0.502. The number of nitrogens with zero attached hydrogens (tertiary/aromatic N) is 3. The Balaban J connectivity index is 1.43. The lowest BCUT2D eigenvalue weighted by atomic mass is 10.1. The van der Waals surface area contributed by atoms with E-state index < -0.39 is 11.7 Å². The van der Waals surface area contributed by atoms with Gasteiger partial charge in [-0.05, 0) is 57.4 Å². The Hall–Kier alpha value is -2.52. The monoisotopic (exact) mass is 458 g/mol. The van der Waals surface area contributed by atoms with Crippen LogP contribution >= 0.6 is 23.1 Å². The largest absolute Gasteiger partial charge is 0.497 e. The molecule has 0 radical (unpaired) electrons. The van der Waals surface area contributed by atoms with Crippen LogP contribution in [0.15, 0.2) is 45.9 Å². The van der Waals surface area contributed by atoms with Crippen molar-refractivity contribution in [3.63, 3.8) is 0 Å². The van der Waals surface area contributed by atoms with Gasteiger partial charge in [0.25, 0.3) is 0 Å². The van der Waals surface area contributed by atoms with Gasteiger partial charge in [0, 0.05) is 16.7 Å². The van der Waals surface area contributed by atoms with Crippen LogP contribution in [0.2, 0.25) is 0 Å². The molecule has 1 aromatic carbocycles. The highest BCUT2D eigenvalue weighted by atomic mass is 32.2. The van der Waals surface area contributed by atoms with E-state index in [0.29, 0.717) is 12.6 Å². The molecule has 1 amide bonds. The van der Waals surface area contributed by atoms with E-state index in [0.717, 1.165) is 31.0 Å². The number of carbonyl (C=O) groups excluding carboxylic acids is 1. The van der Waals surface area contributed by atoms with Crippen LogP contribution in [0.25, 0.3) is 11.1 Å². The highest BCUT2D eigenvalue weighted by Gasteiger charge is 2.24. The molecule has 1 N–H and O–H groups in total. The van der Waals surface area contributed by atoms with Gasteiger partial charge in [-0.15, -0.1) is 11.3 Å². The summed E-state index contributed by atoms with van der Waals surface area (Å²) in [5.41, 5.74) is 1.64. The summed E-state index contributed by atoms with van der Waals surface area (Å²) in [5.74, 6) is 0.801. The molecule has 164 valence electrons. The summed E-state index contributed by atoms with van der Waals surface area (Å²) >= 11 is 3.16. The van der Waals surface area contributed by atoms with E-state index in [9.17, 15) is 4.79 Å². The SMILES string of the molecule is COc1cc(Sc2cnc(CNC(=O)OC(C)(C)C)s2)cc(-c2cnn(C3CC3)c2)c1. The van der Waals surface area contributed by atoms with Crippen LogP contribution in [0.4, 0.5) is 4.79 Å². The van der Waals surface area contributed by atoms with Crippen molar-refractivity contribution in [2.24, 2.45) is 0 Å². The molecule has 1 aliphatic carbocycles. The molecule has 1 aliphatic rings. The van der Waals surface area contributed by atoms with Crippen LogP contribution < -0.4 is 10.1 Å². The Morgan fingerprint density at radius 1 is 1.26 bits per heavy atom. The average Bonchev–Trinajstić information content (AvgIpc) is 3.26. The second kappa shape index (κ2) is 8.92. The van der Waals surface area contributed by atoms with Crippen molar-refractivity contribution in [2.45, 2.75) is 60.9 Å². The van der Waals surface area contributed by atoms with Crippen molar-refractivity contribution in [1.82, 2.24) is 20.1 Å². The van der Waals surface area contributed by atoms with Gasteiger partial charge in [0.05, 0.1) is 36.3 Å². The number of hydrogen-bond acceptors (Lipinski definition) is 7. The Bertz CT molecular complexity index is 1070. The maximum absolute atomic E-state index is 11.8. The molecule has 9 heteroatoms. The Kier molecular flexibility index (Phi) is 6.24. The highest BCUT2D eigenvalue weighted by molar-refractivity contribution is 8.01. The number of aromatic nitrogens is 3. The van der Waals surface area contributed by atoms with Gasteiger partial charge in [-0.1, -0.05) is 11.8 Å². The number of thiazole rings is 1. The highest BCUT2D eigenvalue weighted by Crippen LogP contribution is 2.38. The summed E-state index contributed by atoms with van der Waals surface area (Å²) in [4.78, 5) is 17.3. The van der Waals surface area contributed by atoms with E-state index in [4.69, 9.17) is 9.47 Å². The maximum atomic E-state index is 11.8. The number of rotatable bonds is 7. The van der Waals surface area contributed by atoms with E-state index in [1.54, 1.807) is 30.2 Å². The van der Waals surface area contributed by atoms with Crippen LogP contribution in [0.3, 0.4) is 0 Å². The molecule has 1 saturated carbocycles. The lowest BCUT2D eigenvalue weighted by Crippen LogP contribution is -2.32. The van der Waals surface area contributed by atoms with Crippen molar-refractivity contribution >= 4 is 29.2 Å². The molecule has 0 unspecified atom stereocenters. The predicted molar refractivity (Wildman–Crippen MR) is 122 cm³/mol. The lowest BCUT2D eigenvalue weighted by Gasteiger charge is -2.19.